The maximum Gasteiger partial charge on any atom is 0.263 e. The molecule has 0 spiro atoms. The van der Waals surface area contributed by atoms with Gasteiger partial charge in [-0.1, -0.05) is 22.8 Å². The highest BCUT2D eigenvalue weighted by Gasteiger charge is 2.24. The number of oxime groups is 1. The first-order chi connectivity index (χ1) is 9.60. The van der Waals surface area contributed by atoms with E-state index in [-0.39, 0.29) is 0 Å². The first kappa shape index (κ1) is 12.7. The zero-order valence-electron chi connectivity index (χ0n) is 10.8. The highest BCUT2D eigenvalue weighted by molar-refractivity contribution is 6.29. The summed E-state index contributed by atoms with van der Waals surface area (Å²) in [6.07, 6.45) is 0. The van der Waals surface area contributed by atoms with Gasteiger partial charge in [0, 0.05) is 18.7 Å². The fraction of sp³-hybridized carbons (Fsp3) is 0.154. The SMILES string of the molecule is CC(=NO)c1ccc2c(c1)Oc1nnc(Cl)cc1N2C. The van der Waals surface area contributed by atoms with Crippen molar-refractivity contribution >= 4 is 28.7 Å². The number of halogens is 1. The Hall–Kier alpha value is -2.34. The highest BCUT2D eigenvalue weighted by Crippen LogP contribution is 2.45. The number of nitrogens with zero attached hydrogens (tertiary/aromatic N) is 4. The average Bonchev–Trinajstić information content (AvgIpc) is 2.47. The Bertz CT molecular complexity index is 718. The zero-order valence-corrected chi connectivity index (χ0v) is 11.6. The summed E-state index contributed by atoms with van der Waals surface area (Å²) in [6, 6.07) is 7.23. The van der Waals surface area contributed by atoms with Gasteiger partial charge in [-0.15, -0.1) is 10.2 Å². The molecule has 102 valence electrons. The molecule has 0 fully saturated rings. The summed E-state index contributed by atoms with van der Waals surface area (Å²) >= 11 is 5.86. The summed E-state index contributed by atoms with van der Waals surface area (Å²) < 4.78 is 5.73. The molecule has 0 atom stereocenters. The van der Waals surface area contributed by atoms with E-state index >= 15 is 0 Å². The van der Waals surface area contributed by atoms with Crippen LogP contribution >= 0.6 is 11.6 Å². The van der Waals surface area contributed by atoms with Crippen molar-refractivity contribution in [1.82, 2.24) is 10.2 Å². The molecule has 0 saturated heterocycles. The second-order valence-corrected chi connectivity index (χ2v) is 4.77. The Balaban J connectivity index is 2.10. The van der Waals surface area contributed by atoms with Gasteiger partial charge in [0.25, 0.3) is 5.88 Å². The van der Waals surface area contributed by atoms with Crippen LogP contribution in [0.25, 0.3) is 0 Å². The number of hydrogen-bond donors (Lipinski definition) is 1. The smallest absolute Gasteiger partial charge is 0.263 e. The quantitative estimate of drug-likeness (QED) is 0.496. The van der Waals surface area contributed by atoms with Gasteiger partial charge in [-0.3, -0.25) is 0 Å². The molecule has 1 aromatic heterocycles. The van der Waals surface area contributed by atoms with E-state index in [1.807, 2.05) is 24.1 Å². The molecule has 1 aliphatic heterocycles. The van der Waals surface area contributed by atoms with Crippen molar-refractivity contribution in [1.29, 1.82) is 0 Å². The average molecular weight is 291 g/mol. The lowest BCUT2D eigenvalue weighted by Crippen LogP contribution is -2.17. The van der Waals surface area contributed by atoms with Crippen molar-refractivity contribution in [3.05, 3.63) is 35.0 Å². The van der Waals surface area contributed by atoms with E-state index in [0.717, 1.165) is 16.9 Å². The summed E-state index contributed by atoms with van der Waals surface area (Å²) in [5, 5.41) is 20.0. The Kier molecular flexibility index (Phi) is 2.94. The van der Waals surface area contributed by atoms with Crippen molar-refractivity contribution in [3.63, 3.8) is 0 Å². The number of anilines is 2. The first-order valence-corrected chi connectivity index (χ1v) is 6.26. The zero-order chi connectivity index (χ0) is 14.3. The van der Waals surface area contributed by atoms with Gasteiger partial charge >= 0.3 is 0 Å². The molecule has 20 heavy (non-hydrogen) atoms. The second kappa shape index (κ2) is 4.64. The molecule has 0 bridgehead atoms. The molecule has 7 heteroatoms. The Morgan fingerprint density at radius 2 is 2.10 bits per heavy atom. The standard InChI is InChI=1S/C13H11ClN4O2/c1-7(17-19)8-3-4-9-11(5-8)20-13-10(18(9)2)6-12(14)15-16-13/h3-6,19H,1-2H3. The van der Waals surface area contributed by atoms with Crippen molar-refractivity contribution in [3.8, 4) is 11.6 Å². The monoisotopic (exact) mass is 290 g/mol. The lowest BCUT2D eigenvalue weighted by atomic mass is 10.1. The minimum atomic E-state index is 0.308. The number of rotatable bonds is 1. The number of benzene rings is 1. The summed E-state index contributed by atoms with van der Waals surface area (Å²) in [4.78, 5) is 1.92. The Morgan fingerprint density at radius 3 is 2.85 bits per heavy atom. The predicted molar refractivity (Wildman–Crippen MR) is 75.6 cm³/mol. The molecule has 3 rings (SSSR count). The Labute approximate surface area is 120 Å². The van der Waals surface area contributed by atoms with Crippen LogP contribution in [-0.4, -0.2) is 28.2 Å². The fourth-order valence-electron chi connectivity index (χ4n) is 2.05. The molecule has 1 aromatic carbocycles. The molecule has 1 aliphatic rings. The van der Waals surface area contributed by atoms with Crippen molar-refractivity contribution in [2.75, 3.05) is 11.9 Å². The van der Waals surface area contributed by atoms with Gasteiger partial charge in [0.15, 0.2) is 10.9 Å². The summed E-state index contributed by atoms with van der Waals surface area (Å²) in [7, 11) is 1.89. The molecule has 1 N–H and O–H groups in total. The van der Waals surface area contributed by atoms with E-state index in [9.17, 15) is 0 Å². The summed E-state index contributed by atoms with van der Waals surface area (Å²) in [5.74, 6) is 1.01. The normalized spacial score (nSPS) is 13.6. The summed E-state index contributed by atoms with van der Waals surface area (Å²) in [6.45, 7) is 1.71. The fourth-order valence-corrected chi connectivity index (χ4v) is 2.19. The molecule has 0 unspecified atom stereocenters. The van der Waals surface area contributed by atoms with Crippen LogP contribution in [-0.2, 0) is 0 Å². The maximum absolute atomic E-state index is 8.83. The molecule has 0 radical (unpaired) electrons. The number of hydrogen-bond acceptors (Lipinski definition) is 6. The van der Waals surface area contributed by atoms with Gasteiger partial charge in [-0.2, -0.15) is 0 Å². The number of ether oxygens (including phenoxy) is 1. The van der Waals surface area contributed by atoms with Gasteiger partial charge in [0.2, 0.25) is 0 Å². The molecular formula is C13H11ClN4O2. The van der Waals surface area contributed by atoms with Crippen LogP contribution in [0.15, 0.2) is 29.4 Å². The summed E-state index contributed by atoms with van der Waals surface area (Å²) in [5.41, 5.74) is 2.89. The van der Waals surface area contributed by atoms with E-state index in [0.29, 0.717) is 22.5 Å². The molecule has 6 nitrogen and oxygen atoms in total. The molecule has 0 aliphatic carbocycles. The van der Waals surface area contributed by atoms with E-state index in [2.05, 4.69) is 15.4 Å². The lowest BCUT2D eigenvalue weighted by Gasteiger charge is -2.28. The largest absolute Gasteiger partial charge is 0.434 e. The Morgan fingerprint density at radius 1 is 1.30 bits per heavy atom. The third-order valence-corrected chi connectivity index (χ3v) is 3.35. The van der Waals surface area contributed by atoms with Crippen LogP contribution < -0.4 is 9.64 Å². The minimum absolute atomic E-state index is 0.308. The lowest BCUT2D eigenvalue weighted by molar-refractivity contribution is 0.319. The number of fused-ring (bicyclic) bond motifs is 2. The van der Waals surface area contributed by atoms with Crippen LogP contribution in [0.4, 0.5) is 11.4 Å². The maximum atomic E-state index is 8.83. The predicted octanol–water partition coefficient (Wildman–Crippen LogP) is 3.20. The molecule has 0 saturated carbocycles. The van der Waals surface area contributed by atoms with E-state index in [1.165, 1.54) is 0 Å². The molecule has 2 heterocycles. The van der Waals surface area contributed by atoms with Crippen LogP contribution in [0.2, 0.25) is 5.15 Å². The van der Waals surface area contributed by atoms with Gasteiger partial charge in [-0.05, 0) is 19.1 Å². The van der Waals surface area contributed by atoms with Gasteiger partial charge in [-0.25, -0.2) is 0 Å². The molecule has 2 aromatic rings. The van der Waals surface area contributed by atoms with Crippen LogP contribution in [0, 0.1) is 0 Å². The first-order valence-electron chi connectivity index (χ1n) is 5.88. The van der Waals surface area contributed by atoms with Gasteiger partial charge in [0.1, 0.15) is 5.69 Å². The van der Waals surface area contributed by atoms with E-state index < -0.39 is 0 Å². The van der Waals surface area contributed by atoms with E-state index in [1.54, 1.807) is 19.1 Å². The topological polar surface area (TPSA) is 70.8 Å². The number of aromatic nitrogens is 2. The van der Waals surface area contributed by atoms with Crippen molar-refractivity contribution in [2.45, 2.75) is 6.92 Å². The van der Waals surface area contributed by atoms with Crippen LogP contribution in [0.1, 0.15) is 12.5 Å². The van der Waals surface area contributed by atoms with Crippen LogP contribution in [0.3, 0.4) is 0 Å². The van der Waals surface area contributed by atoms with E-state index in [4.69, 9.17) is 21.5 Å². The van der Waals surface area contributed by atoms with Crippen molar-refractivity contribution < 1.29 is 9.94 Å². The third kappa shape index (κ3) is 1.94. The van der Waals surface area contributed by atoms with Crippen molar-refractivity contribution in [2.24, 2.45) is 5.16 Å². The third-order valence-electron chi connectivity index (χ3n) is 3.17. The van der Waals surface area contributed by atoms with Gasteiger partial charge < -0.3 is 14.8 Å². The second-order valence-electron chi connectivity index (χ2n) is 4.39. The minimum Gasteiger partial charge on any atom is -0.434 e. The molecular weight excluding hydrogens is 280 g/mol. The van der Waals surface area contributed by atoms with Gasteiger partial charge in [0.05, 0.1) is 11.4 Å². The van der Waals surface area contributed by atoms with Crippen LogP contribution in [0.5, 0.6) is 11.6 Å². The molecule has 0 amide bonds. The highest BCUT2D eigenvalue weighted by atomic mass is 35.5.